The van der Waals surface area contributed by atoms with Crippen LogP contribution in [-0.2, 0) is 21.9 Å². The molecule has 130 valence electrons. The summed E-state index contributed by atoms with van der Waals surface area (Å²) in [4.78, 5) is 0. The quantitative estimate of drug-likeness (QED) is 0.814. The van der Waals surface area contributed by atoms with Crippen molar-refractivity contribution in [3.63, 3.8) is 0 Å². The number of nitrogens with zero attached hydrogens (tertiary/aromatic N) is 1. The molecule has 5 nitrogen and oxygen atoms in total. The van der Waals surface area contributed by atoms with Gasteiger partial charge in [-0.05, 0) is 62.1 Å². The van der Waals surface area contributed by atoms with E-state index in [-0.39, 0.29) is 5.41 Å². The normalized spacial score (nSPS) is 30.0. The number of sulfonamides is 1. The van der Waals surface area contributed by atoms with Crippen LogP contribution in [0.25, 0.3) is 11.3 Å². The first-order chi connectivity index (χ1) is 11.9. The summed E-state index contributed by atoms with van der Waals surface area (Å²) in [6.45, 7) is 0. The Labute approximate surface area is 154 Å². The highest BCUT2D eigenvalue weighted by Crippen LogP contribution is 2.62. The summed E-state index contributed by atoms with van der Waals surface area (Å²) in [5.74, 6) is 1.72. The van der Waals surface area contributed by atoms with Gasteiger partial charge in [0, 0.05) is 21.0 Å². The van der Waals surface area contributed by atoms with Gasteiger partial charge >= 0.3 is 0 Å². The van der Waals surface area contributed by atoms with E-state index in [0.717, 1.165) is 54.1 Å². The van der Waals surface area contributed by atoms with Crippen LogP contribution in [-0.4, -0.2) is 18.3 Å². The van der Waals surface area contributed by atoms with Crippen LogP contribution in [0.2, 0.25) is 0 Å². The maximum Gasteiger partial charge on any atom is 0.239 e. The van der Waals surface area contributed by atoms with Crippen molar-refractivity contribution in [2.45, 2.75) is 48.7 Å². The predicted octanol–water partition coefficient (Wildman–Crippen LogP) is 3.99. The van der Waals surface area contributed by atoms with E-state index < -0.39 is 14.8 Å². The van der Waals surface area contributed by atoms with E-state index in [4.69, 9.17) is 4.52 Å². The van der Waals surface area contributed by atoms with E-state index in [1.807, 2.05) is 0 Å². The molecular weight excluding hydrogens is 404 g/mol. The molecule has 0 radical (unpaired) electrons. The fourth-order valence-corrected chi connectivity index (χ4v) is 7.28. The average molecular weight is 421 g/mol. The van der Waals surface area contributed by atoms with Crippen LogP contribution < -0.4 is 4.72 Å². The Morgan fingerprint density at radius 3 is 2.64 bits per heavy atom. The third-order valence-electron chi connectivity index (χ3n) is 6.74. The fourth-order valence-electron chi connectivity index (χ4n) is 4.93. The molecular formula is C18H17BrN2O3S. The molecule has 1 heterocycles. The zero-order valence-corrected chi connectivity index (χ0v) is 15.9. The van der Waals surface area contributed by atoms with Gasteiger partial charge in [-0.15, -0.1) is 0 Å². The van der Waals surface area contributed by atoms with E-state index in [1.54, 1.807) is 0 Å². The Morgan fingerprint density at radius 2 is 2.00 bits per heavy atom. The highest BCUT2D eigenvalue weighted by atomic mass is 79.9. The number of benzene rings is 1. The Hall–Kier alpha value is -1.34. The second-order valence-corrected chi connectivity index (χ2v) is 11.2. The predicted molar refractivity (Wildman–Crippen MR) is 96.9 cm³/mol. The van der Waals surface area contributed by atoms with Crippen molar-refractivity contribution < 1.29 is 12.9 Å². The smallest absolute Gasteiger partial charge is 0.239 e. The van der Waals surface area contributed by atoms with Crippen molar-refractivity contribution in [2.24, 2.45) is 5.92 Å². The van der Waals surface area contributed by atoms with Crippen LogP contribution in [0, 0.1) is 5.92 Å². The van der Waals surface area contributed by atoms with Gasteiger partial charge in [-0.3, -0.25) is 4.72 Å². The lowest BCUT2D eigenvalue weighted by Gasteiger charge is -2.59. The van der Waals surface area contributed by atoms with Gasteiger partial charge in [-0.1, -0.05) is 27.2 Å². The molecule has 1 aromatic heterocycles. The van der Waals surface area contributed by atoms with Gasteiger partial charge in [-0.2, -0.15) is 0 Å². The molecule has 5 aliphatic carbocycles. The minimum atomic E-state index is -3.40. The molecule has 7 heteroatoms. The second kappa shape index (κ2) is 4.31. The molecule has 1 N–H and O–H groups in total. The van der Waals surface area contributed by atoms with Crippen molar-refractivity contribution in [1.82, 2.24) is 5.16 Å². The minimum Gasteiger partial charge on any atom is -0.354 e. The lowest BCUT2D eigenvalue weighted by molar-refractivity contribution is 0.0489. The molecule has 0 aliphatic heterocycles. The van der Waals surface area contributed by atoms with Crippen LogP contribution in [0.3, 0.4) is 0 Å². The SMILES string of the molecule is O=S(=O)(Nc1noc2c1CC1(CC1)c1ccc(Br)cc1-2)C12CC(C1)C2. The van der Waals surface area contributed by atoms with E-state index >= 15 is 0 Å². The lowest BCUT2D eigenvalue weighted by Crippen LogP contribution is -2.64. The minimum absolute atomic E-state index is 0.130. The van der Waals surface area contributed by atoms with Gasteiger partial charge in [0.05, 0.1) is 4.75 Å². The largest absolute Gasteiger partial charge is 0.354 e. The first-order valence-electron chi connectivity index (χ1n) is 8.73. The van der Waals surface area contributed by atoms with Crippen LogP contribution in [0.4, 0.5) is 5.82 Å². The monoisotopic (exact) mass is 420 g/mol. The standard InChI is InChI=1S/C18H17BrN2O3S/c19-11-1-2-14-12(5-11)15-13(9-17(14)3-4-17)16(20-24-15)21-25(22,23)18-6-10(7-18)8-18/h1-2,5,10H,3-4,6-9H2,(H,20,21). The number of fused-ring (bicyclic) bond motifs is 4. The molecule has 2 aromatic rings. The van der Waals surface area contributed by atoms with Crippen LogP contribution >= 0.6 is 15.9 Å². The van der Waals surface area contributed by atoms with Crippen LogP contribution in [0.1, 0.15) is 43.2 Å². The number of hydrogen-bond acceptors (Lipinski definition) is 4. The molecule has 0 saturated heterocycles. The summed E-state index contributed by atoms with van der Waals surface area (Å²) in [7, 11) is -3.40. The second-order valence-electron chi connectivity index (χ2n) is 8.25. The third-order valence-corrected chi connectivity index (χ3v) is 9.33. The van der Waals surface area contributed by atoms with E-state index in [0.29, 0.717) is 17.5 Å². The van der Waals surface area contributed by atoms with Crippen molar-refractivity contribution in [1.29, 1.82) is 0 Å². The molecule has 4 fully saturated rings. The number of anilines is 1. The van der Waals surface area contributed by atoms with Crippen LogP contribution in [0.5, 0.6) is 0 Å². The van der Waals surface area contributed by atoms with Gasteiger partial charge in [0.2, 0.25) is 10.0 Å². The molecule has 1 aromatic carbocycles. The van der Waals surface area contributed by atoms with E-state index in [2.05, 4.69) is 44.0 Å². The number of rotatable bonds is 3. The van der Waals surface area contributed by atoms with Crippen molar-refractivity contribution in [3.05, 3.63) is 33.8 Å². The van der Waals surface area contributed by atoms with Crippen molar-refractivity contribution >= 4 is 31.8 Å². The molecule has 0 atom stereocenters. The maximum absolute atomic E-state index is 12.8. The molecule has 0 unspecified atom stereocenters. The Kier molecular flexibility index (Phi) is 2.55. The summed E-state index contributed by atoms with van der Waals surface area (Å²) in [5, 5.41) is 4.11. The van der Waals surface area contributed by atoms with Gasteiger partial charge in [0.25, 0.3) is 0 Å². The van der Waals surface area contributed by atoms with Gasteiger partial charge in [0.15, 0.2) is 11.6 Å². The van der Waals surface area contributed by atoms with E-state index in [9.17, 15) is 8.42 Å². The maximum atomic E-state index is 12.8. The zero-order chi connectivity index (χ0) is 17.0. The zero-order valence-electron chi connectivity index (χ0n) is 13.5. The summed E-state index contributed by atoms with van der Waals surface area (Å²) in [5.41, 5.74) is 3.38. The number of aromatic nitrogens is 1. The number of halogens is 1. The molecule has 0 amide bonds. The first-order valence-corrected chi connectivity index (χ1v) is 11.0. The Morgan fingerprint density at radius 1 is 1.24 bits per heavy atom. The third kappa shape index (κ3) is 1.78. The highest BCUT2D eigenvalue weighted by molar-refractivity contribution is 9.10. The molecule has 5 aliphatic rings. The summed E-state index contributed by atoms with van der Waals surface area (Å²) in [6, 6.07) is 6.27. The first kappa shape index (κ1) is 14.8. The Balaban J connectivity index is 1.44. The van der Waals surface area contributed by atoms with Crippen molar-refractivity contribution in [3.8, 4) is 11.3 Å². The average Bonchev–Trinajstić information content (AvgIpc) is 3.10. The fraction of sp³-hybridized carbons (Fsp3) is 0.500. The van der Waals surface area contributed by atoms with E-state index in [1.165, 1.54) is 5.56 Å². The van der Waals surface area contributed by atoms with Gasteiger partial charge in [0.1, 0.15) is 0 Å². The number of hydrogen-bond donors (Lipinski definition) is 1. The van der Waals surface area contributed by atoms with Gasteiger partial charge < -0.3 is 4.52 Å². The Bertz CT molecular complexity index is 1020. The molecule has 2 bridgehead atoms. The highest BCUT2D eigenvalue weighted by Gasteiger charge is 2.65. The summed E-state index contributed by atoms with van der Waals surface area (Å²) in [6.07, 6.45) is 5.44. The molecule has 1 spiro atoms. The summed E-state index contributed by atoms with van der Waals surface area (Å²) >= 11 is 3.53. The van der Waals surface area contributed by atoms with Gasteiger partial charge in [-0.25, -0.2) is 8.42 Å². The molecule has 7 rings (SSSR count). The number of nitrogens with one attached hydrogen (secondary N) is 1. The topological polar surface area (TPSA) is 72.2 Å². The molecule has 25 heavy (non-hydrogen) atoms. The lowest BCUT2D eigenvalue weighted by atomic mass is 9.55. The molecule has 4 saturated carbocycles. The van der Waals surface area contributed by atoms with Crippen molar-refractivity contribution in [2.75, 3.05) is 4.72 Å². The summed E-state index contributed by atoms with van der Waals surface area (Å²) < 4.78 is 34.4. The van der Waals surface area contributed by atoms with Crippen LogP contribution in [0.15, 0.2) is 27.2 Å².